The van der Waals surface area contributed by atoms with Crippen LogP contribution in [0.1, 0.15) is 23.8 Å². The molecule has 0 fully saturated rings. The van der Waals surface area contributed by atoms with Crippen LogP contribution in [0.3, 0.4) is 0 Å². The first-order chi connectivity index (χ1) is 7.56. The van der Waals surface area contributed by atoms with Gasteiger partial charge in [-0.1, -0.05) is 10.3 Å². The molecule has 1 heterocycles. The van der Waals surface area contributed by atoms with Gasteiger partial charge >= 0.3 is 0 Å². The molecule has 1 amide bonds. The molecular weight excluding hydrogens is 212 g/mol. The van der Waals surface area contributed by atoms with Crippen LogP contribution in [0, 0.1) is 0 Å². The lowest BCUT2D eigenvalue weighted by Gasteiger charge is -2.23. The predicted molar refractivity (Wildman–Crippen MR) is 56.1 cm³/mol. The molecule has 0 spiro atoms. The average molecular weight is 226 g/mol. The average Bonchev–Trinajstić information content (AvgIpc) is 2.80. The van der Waals surface area contributed by atoms with Crippen LogP contribution in [-0.4, -0.2) is 40.1 Å². The molecule has 7 heteroatoms. The van der Waals surface area contributed by atoms with Gasteiger partial charge in [-0.05, 0) is 6.92 Å². The Balaban J connectivity index is 2.64. The molecule has 1 aromatic heterocycles. The molecule has 1 aromatic rings. The van der Waals surface area contributed by atoms with E-state index in [9.17, 15) is 4.79 Å². The quantitative estimate of drug-likeness (QED) is 0.332. The van der Waals surface area contributed by atoms with Crippen molar-refractivity contribution in [3.63, 3.8) is 0 Å². The van der Waals surface area contributed by atoms with E-state index in [1.54, 1.807) is 14.0 Å². The lowest BCUT2D eigenvalue weighted by Crippen LogP contribution is -2.37. The molecule has 3 N–H and O–H groups in total. The van der Waals surface area contributed by atoms with Gasteiger partial charge in [-0.2, -0.15) is 0 Å². The molecule has 1 rings (SSSR count). The summed E-state index contributed by atoms with van der Waals surface area (Å²) in [6.07, 6.45) is 1.62. The molecule has 1 atom stereocenters. The van der Waals surface area contributed by atoms with E-state index in [2.05, 4.69) is 14.8 Å². The van der Waals surface area contributed by atoms with Crippen molar-refractivity contribution in [1.82, 2.24) is 10.1 Å². The smallest absolute Gasteiger partial charge is 0.276 e. The Morgan fingerprint density at radius 2 is 2.50 bits per heavy atom. The summed E-state index contributed by atoms with van der Waals surface area (Å²) in [5.41, 5.74) is 5.59. The molecule has 0 saturated carbocycles. The van der Waals surface area contributed by atoms with Crippen molar-refractivity contribution in [2.24, 2.45) is 10.9 Å². The number of amidine groups is 1. The minimum Gasteiger partial charge on any atom is -0.409 e. The van der Waals surface area contributed by atoms with Crippen LogP contribution in [0.4, 0.5) is 0 Å². The molecule has 16 heavy (non-hydrogen) atoms. The van der Waals surface area contributed by atoms with Gasteiger partial charge < -0.3 is 20.4 Å². The lowest BCUT2D eigenvalue weighted by molar-refractivity contribution is 0.0736. The van der Waals surface area contributed by atoms with Crippen LogP contribution >= 0.6 is 0 Å². The highest BCUT2D eigenvalue weighted by Gasteiger charge is 2.20. The molecule has 0 aliphatic heterocycles. The van der Waals surface area contributed by atoms with Crippen LogP contribution in [0.15, 0.2) is 22.0 Å². The first-order valence-electron chi connectivity index (χ1n) is 4.70. The summed E-state index contributed by atoms with van der Waals surface area (Å²) in [6, 6.07) is 1.29. The Morgan fingerprint density at radius 1 is 1.81 bits per heavy atom. The zero-order valence-electron chi connectivity index (χ0n) is 9.12. The highest BCUT2D eigenvalue weighted by atomic mass is 16.5. The summed E-state index contributed by atoms with van der Waals surface area (Å²) in [4.78, 5) is 13.2. The van der Waals surface area contributed by atoms with Gasteiger partial charge in [0.05, 0.1) is 0 Å². The van der Waals surface area contributed by atoms with E-state index >= 15 is 0 Å². The SMILES string of the molecule is CC(CC(N)=NO)N(C)C(=O)c1ccon1. The van der Waals surface area contributed by atoms with Gasteiger partial charge in [0, 0.05) is 25.6 Å². The number of oxime groups is 1. The number of hydrogen-bond acceptors (Lipinski definition) is 5. The Bertz CT molecular complexity index is 374. The third-order valence-electron chi connectivity index (χ3n) is 2.27. The molecule has 0 radical (unpaired) electrons. The van der Waals surface area contributed by atoms with Crippen molar-refractivity contribution in [2.75, 3.05) is 7.05 Å². The van der Waals surface area contributed by atoms with Crippen molar-refractivity contribution in [3.05, 3.63) is 18.0 Å². The fourth-order valence-electron chi connectivity index (χ4n) is 1.18. The largest absolute Gasteiger partial charge is 0.409 e. The number of nitrogens with zero attached hydrogens (tertiary/aromatic N) is 3. The first kappa shape index (κ1) is 12.0. The third-order valence-corrected chi connectivity index (χ3v) is 2.27. The summed E-state index contributed by atoms with van der Waals surface area (Å²) in [7, 11) is 1.62. The molecule has 88 valence electrons. The number of rotatable bonds is 4. The van der Waals surface area contributed by atoms with Crippen LogP contribution in [-0.2, 0) is 0 Å². The standard InChI is InChI=1S/C9H14N4O3/c1-6(5-8(10)11-15)13(2)9(14)7-3-4-16-12-7/h3-4,6,15H,5H2,1-2H3,(H2,10,11). The van der Waals surface area contributed by atoms with E-state index in [4.69, 9.17) is 10.9 Å². The van der Waals surface area contributed by atoms with Gasteiger partial charge in [-0.15, -0.1) is 0 Å². The zero-order valence-corrected chi connectivity index (χ0v) is 9.12. The number of hydrogen-bond donors (Lipinski definition) is 2. The second-order valence-corrected chi connectivity index (χ2v) is 3.45. The summed E-state index contributed by atoms with van der Waals surface area (Å²) in [5, 5.41) is 14.8. The minimum absolute atomic E-state index is 0.0762. The third kappa shape index (κ3) is 2.72. The van der Waals surface area contributed by atoms with E-state index in [0.717, 1.165) is 0 Å². The van der Waals surface area contributed by atoms with Gasteiger partial charge in [0.2, 0.25) is 0 Å². The van der Waals surface area contributed by atoms with Crippen molar-refractivity contribution in [3.8, 4) is 0 Å². The van der Waals surface area contributed by atoms with Crippen molar-refractivity contribution in [1.29, 1.82) is 0 Å². The second-order valence-electron chi connectivity index (χ2n) is 3.45. The molecular formula is C9H14N4O3. The Morgan fingerprint density at radius 3 is 3.00 bits per heavy atom. The van der Waals surface area contributed by atoms with Crippen molar-refractivity contribution < 1.29 is 14.5 Å². The van der Waals surface area contributed by atoms with Gasteiger partial charge in [0.25, 0.3) is 5.91 Å². The minimum atomic E-state index is -0.271. The molecule has 0 bridgehead atoms. The van der Waals surface area contributed by atoms with Crippen LogP contribution in [0.2, 0.25) is 0 Å². The Labute approximate surface area is 92.5 Å². The normalized spacial score (nSPS) is 13.5. The maximum atomic E-state index is 11.8. The highest BCUT2D eigenvalue weighted by Crippen LogP contribution is 2.07. The van der Waals surface area contributed by atoms with Gasteiger partial charge in [0.15, 0.2) is 5.69 Å². The van der Waals surface area contributed by atoms with E-state index in [1.165, 1.54) is 17.2 Å². The van der Waals surface area contributed by atoms with Gasteiger partial charge in [0.1, 0.15) is 12.1 Å². The first-order valence-corrected chi connectivity index (χ1v) is 4.70. The summed E-state index contributed by atoms with van der Waals surface area (Å²) >= 11 is 0. The Hall–Kier alpha value is -2.05. The Kier molecular flexibility index (Phi) is 3.87. The fraction of sp³-hybridized carbons (Fsp3) is 0.444. The van der Waals surface area contributed by atoms with Gasteiger partial charge in [-0.3, -0.25) is 4.79 Å². The molecule has 0 aliphatic carbocycles. The van der Waals surface area contributed by atoms with E-state index in [1.807, 2.05) is 0 Å². The van der Waals surface area contributed by atoms with Crippen molar-refractivity contribution in [2.45, 2.75) is 19.4 Å². The molecule has 7 nitrogen and oxygen atoms in total. The summed E-state index contributed by atoms with van der Waals surface area (Å²) in [5.74, 6) is -0.195. The summed E-state index contributed by atoms with van der Waals surface area (Å²) < 4.78 is 4.58. The number of carbonyl (C=O) groups excluding carboxylic acids is 1. The maximum Gasteiger partial charge on any atom is 0.276 e. The van der Waals surface area contributed by atoms with Crippen LogP contribution in [0.25, 0.3) is 0 Å². The van der Waals surface area contributed by atoms with Crippen molar-refractivity contribution >= 4 is 11.7 Å². The van der Waals surface area contributed by atoms with E-state index in [0.29, 0.717) is 0 Å². The number of nitrogens with two attached hydrogens (primary N) is 1. The predicted octanol–water partition coefficient (Wildman–Crippen LogP) is 0.272. The number of amides is 1. The number of carbonyl (C=O) groups is 1. The molecule has 0 saturated heterocycles. The maximum absolute atomic E-state index is 11.8. The van der Waals surface area contributed by atoms with E-state index < -0.39 is 0 Å². The van der Waals surface area contributed by atoms with Crippen LogP contribution in [0.5, 0.6) is 0 Å². The molecule has 0 aromatic carbocycles. The lowest BCUT2D eigenvalue weighted by atomic mass is 10.2. The molecule has 0 aliphatic rings. The number of aromatic nitrogens is 1. The topological polar surface area (TPSA) is 105 Å². The monoisotopic (exact) mass is 226 g/mol. The highest BCUT2D eigenvalue weighted by molar-refractivity contribution is 5.92. The fourth-order valence-corrected chi connectivity index (χ4v) is 1.18. The molecule has 1 unspecified atom stereocenters. The van der Waals surface area contributed by atoms with Gasteiger partial charge in [-0.25, -0.2) is 0 Å². The van der Waals surface area contributed by atoms with E-state index in [-0.39, 0.29) is 29.9 Å². The van der Waals surface area contributed by atoms with Crippen LogP contribution < -0.4 is 5.73 Å². The summed E-state index contributed by atoms with van der Waals surface area (Å²) in [6.45, 7) is 1.79. The second kappa shape index (κ2) is 5.15. The zero-order chi connectivity index (χ0) is 12.1.